The molecular formula is C19H23ClN4O2. The molecule has 2 heterocycles. The molecule has 0 saturated carbocycles. The lowest BCUT2D eigenvalue weighted by Crippen LogP contribution is -2.28. The number of nitrogens with one attached hydrogen (secondary N) is 2. The molecule has 2 N–H and O–H groups in total. The van der Waals surface area contributed by atoms with Crippen molar-refractivity contribution in [2.75, 3.05) is 11.9 Å². The summed E-state index contributed by atoms with van der Waals surface area (Å²) in [7, 11) is 0. The minimum atomic E-state index is -0.296. The molecule has 138 valence electrons. The van der Waals surface area contributed by atoms with Crippen LogP contribution in [0, 0.1) is 6.92 Å². The Morgan fingerprint density at radius 3 is 2.81 bits per heavy atom. The van der Waals surface area contributed by atoms with Crippen molar-refractivity contribution in [2.45, 2.75) is 46.1 Å². The summed E-state index contributed by atoms with van der Waals surface area (Å²) >= 11 is 5.97. The number of imidazole rings is 1. The first-order valence-corrected chi connectivity index (χ1v) is 9.34. The van der Waals surface area contributed by atoms with E-state index >= 15 is 0 Å². The van der Waals surface area contributed by atoms with Crippen LogP contribution in [0.3, 0.4) is 0 Å². The van der Waals surface area contributed by atoms with Crippen molar-refractivity contribution in [3.63, 3.8) is 0 Å². The number of aryl methyl sites for hydroxylation is 1. The number of amides is 2. The summed E-state index contributed by atoms with van der Waals surface area (Å²) in [5, 5.41) is 6.36. The summed E-state index contributed by atoms with van der Waals surface area (Å²) in [5.41, 5.74) is 2.73. The Morgan fingerprint density at radius 1 is 1.27 bits per heavy atom. The van der Waals surface area contributed by atoms with Crippen molar-refractivity contribution < 1.29 is 9.59 Å². The van der Waals surface area contributed by atoms with E-state index in [0.29, 0.717) is 35.3 Å². The molecule has 2 amide bonds. The Balaban J connectivity index is 1.90. The first kappa shape index (κ1) is 18.5. The van der Waals surface area contributed by atoms with Crippen molar-refractivity contribution in [1.29, 1.82) is 0 Å². The Kier molecular flexibility index (Phi) is 5.61. The second-order valence-electron chi connectivity index (χ2n) is 6.51. The van der Waals surface area contributed by atoms with Crippen LogP contribution >= 0.6 is 11.6 Å². The number of rotatable bonds is 5. The number of nitrogens with zero attached hydrogens (tertiary/aromatic N) is 2. The fraction of sp³-hybridized carbons (Fsp3) is 0.421. The topological polar surface area (TPSA) is 76.0 Å². The summed E-state index contributed by atoms with van der Waals surface area (Å²) in [6, 6.07) is 5.30. The SMILES string of the molecule is CCCNC(=O)c1nc(C(=O)Nc2ccc(Cl)cc2C)c2n1CCCC2. The molecule has 6 nitrogen and oxygen atoms in total. The number of halogens is 1. The minimum absolute atomic E-state index is 0.225. The van der Waals surface area contributed by atoms with Crippen LogP contribution in [-0.4, -0.2) is 27.9 Å². The lowest BCUT2D eigenvalue weighted by Gasteiger charge is -2.17. The maximum absolute atomic E-state index is 12.8. The van der Waals surface area contributed by atoms with Crippen molar-refractivity contribution >= 4 is 29.1 Å². The van der Waals surface area contributed by atoms with E-state index in [1.807, 2.05) is 18.4 Å². The minimum Gasteiger partial charge on any atom is -0.349 e. The quantitative estimate of drug-likeness (QED) is 0.839. The predicted octanol–water partition coefficient (Wildman–Crippen LogP) is 3.57. The molecule has 26 heavy (non-hydrogen) atoms. The van der Waals surface area contributed by atoms with Crippen LogP contribution in [0.5, 0.6) is 0 Å². The molecule has 0 atom stereocenters. The first-order valence-electron chi connectivity index (χ1n) is 8.96. The van der Waals surface area contributed by atoms with Crippen LogP contribution in [0.25, 0.3) is 0 Å². The standard InChI is InChI=1S/C19H23ClN4O2/c1-3-9-21-19(26)17-23-16(15-6-4-5-10-24(15)17)18(25)22-14-8-7-13(20)11-12(14)2/h7-8,11H,3-6,9-10H2,1-2H3,(H,21,26)(H,22,25). The van der Waals surface area contributed by atoms with E-state index in [1.54, 1.807) is 18.2 Å². The third kappa shape index (κ3) is 3.75. The number of fused-ring (bicyclic) bond motifs is 1. The smallest absolute Gasteiger partial charge is 0.287 e. The number of carbonyl (C=O) groups excluding carboxylic acids is 2. The van der Waals surface area contributed by atoms with E-state index < -0.39 is 0 Å². The van der Waals surface area contributed by atoms with Gasteiger partial charge in [-0.1, -0.05) is 18.5 Å². The van der Waals surface area contributed by atoms with Gasteiger partial charge in [-0.2, -0.15) is 0 Å². The van der Waals surface area contributed by atoms with Gasteiger partial charge in [0.1, 0.15) is 0 Å². The second-order valence-corrected chi connectivity index (χ2v) is 6.95. The summed E-state index contributed by atoms with van der Waals surface area (Å²) in [4.78, 5) is 29.6. The highest BCUT2D eigenvalue weighted by molar-refractivity contribution is 6.30. The number of aromatic nitrogens is 2. The fourth-order valence-electron chi connectivity index (χ4n) is 3.16. The van der Waals surface area contributed by atoms with Crippen LogP contribution in [-0.2, 0) is 13.0 Å². The molecule has 1 aromatic heterocycles. The van der Waals surface area contributed by atoms with E-state index in [9.17, 15) is 9.59 Å². The molecule has 7 heteroatoms. The maximum Gasteiger partial charge on any atom is 0.287 e. The van der Waals surface area contributed by atoms with Gasteiger partial charge in [0.05, 0.1) is 5.69 Å². The van der Waals surface area contributed by atoms with Crippen LogP contribution in [0.2, 0.25) is 5.02 Å². The fourth-order valence-corrected chi connectivity index (χ4v) is 3.39. The molecule has 0 aliphatic carbocycles. The molecule has 0 saturated heterocycles. The molecule has 3 rings (SSSR count). The normalized spacial score (nSPS) is 13.2. The Morgan fingerprint density at radius 2 is 2.08 bits per heavy atom. The van der Waals surface area contributed by atoms with Crippen molar-refractivity contribution in [3.8, 4) is 0 Å². The van der Waals surface area contributed by atoms with Crippen LogP contribution in [0.15, 0.2) is 18.2 Å². The molecule has 0 spiro atoms. The highest BCUT2D eigenvalue weighted by Crippen LogP contribution is 2.24. The van der Waals surface area contributed by atoms with Gasteiger partial charge in [0.15, 0.2) is 11.5 Å². The molecule has 0 radical (unpaired) electrons. The molecule has 0 unspecified atom stereocenters. The lowest BCUT2D eigenvalue weighted by atomic mass is 10.1. The van der Waals surface area contributed by atoms with Crippen LogP contribution < -0.4 is 10.6 Å². The average molecular weight is 375 g/mol. The molecule has 1 aromatic carbocycles. The van der Waals surface area contributed by atoms with Gasteiger partial charge in [-0.15, -0.1) is 0 Å². The third-order valence-corrected chi connectivity index (χ3v) is 4.74. The first-order chi connectivity index (χ1) is 12.5. The number of anilines is 1. The number of hydrogen-bond acceptors (Lipinski definition) is 3. The second kappa shape index (κ2) is 7.91. The molecule has 1 aliphatic heterocycles. The van der Waals surface area contributed by atoms with Crippen molar-refractivity contribution in [2.24, 2.45) is 0 Å². The zero-order valence-electron chi connectivity index (χ0n) is 15.1. The largest absolute Gasteiger partial charge is 0.349 e. The Bertz CT molecular complexity index is 844. The van der Waals surface area contributed by atoms with Gasteiger partial charge in [0, 0.05) is 23.8 Å². The molecule has 2 aromatic rings. The van der Waals surface area contributed by atoms with Gasteiger partial charge in [0.2, 0.25) is 0 Å². The van der Waals surface area contributed by atoms with Crippen LogP contribution in [0.1, 0.15) is 58.6 Å². The van der Waals surface area contributed by atoms with E-state index in [0.717, 1.165) is 36.9 Å². The Hall–Kier alpha value is -2.34. The molecule has 0 fully saturated rings. The van der Waals surface area contributed by atoms with Crippen LogP contribution in [0.4, 0.5) is 5.69 Å². The Labute approximate surface area is 157 Å². The number of benzene rings is 1. The van der Waals surface area contributed by atoms with E-state index in [2.05, 4.69) is 15.6 Å². The van der Waals surface area contributed by atoms with Gasteiger partial charge in [-0.25, -0.2) is 4.98 Å². The maximum atomic E-state index is 12.8. The monoisotopic (exact) mass is 374 g/mol. The summed E-state index contributed by atoms with van der Waals surface area (Å²) in [6.45, 7) is 5.18. The number of carbonyl (C=O) groups is 2. The zero-order valence-corrected chi connectivity index (χ0v) is 15.8. The van der Waals surface area contributed by atoms with Gasteiger partial charge in [-0.3, -0.25) is 9.59 Å². The summed E-state index contributed by atoms with van der Waals surface area (Å²) in [5.74, 6) is -0.196. The average Bonchev–Trinajstić information content (AvgIpc) is 3.02. The highest BCUT2D eigenvalue weighted by atomic mass is 35.5. The van der Waals surface area contributed by atoms with Crippen molar-refractivity contribution in [1.82, 2.24) is 14.9 Å². The molecular weight excluding hydrogens is 352 g/mol. The zero-order chi connectivity index (χ0) is 18.7. The van der Waals surface area contributed by atoms with E-state index in [-0.39, 0.29) is 11.8 Å². The van der Waals surface area contributed by atoms with Gasteiger partial charge in [0.25, 0.3) is 11.8 Å². The van der Waals surface area contributed by atoms with Gasteiger partial charge >= 0.3 is 0 Å². The van der Waals surface area contributed by atoms with Gasteiger partial charge in [-0.05, 0) is 56.4 Å². The summed E-state index contributed by atoms with van der Waals surface area (Å²) < 4.78 is 1.89. The van der Waals surface area contributed by atoms with E-state index in [4.69, 9.17) is 11.6 Å². The highest BCUT2D eigenvalue weighted by Gasteiger charge is 2.27. The third-order valence-electron chi connectivity index (χ3n) is 4.51. The summed E-state index contributed by atoms with van der Waals surface area (Å²) in [6.07, 6.45) is 3.57. The number of hydrogen-bond donors (Lipinski definition) is 2. The lowest BCUT2D eigenvalue weighted by molar-refractivity contribution is 0.0937. The van der Waals surface area contributed by atoms with Crippen molar-refractivity contribution in [3.05, 3.63) is 46.0 Å². The molecule has 1 aliphatic rings. The van der Waals surface area contributed by atoms with E-state index in [1.165, 1.54) is 0 Å². The predicted molar refractivity (Wildman–Crippen MR) is 102 cm³/mol. The molecule has 0 bridgehead atoms. The van der Waals surface area contributed by atoms with Gasteiger partial charge < -0.3 is 15.2 Å².